The Hall–Kier alpha value is -0.610. The third-order valence-electron chi connectivity index (χ3n) is 5.05. The normalized spacial score (nSPS) is 33.4. The van der Waals surface area contributed by atoms with E-state index in [9.17, 15) is 9.90 Å². The van der Waals surface area contributed by atoms with Crippen molar-refractivity contribution in [2.24, 2.45) is 0 Å². The Balaban J connectivity index is 2.06. The summed E-state index contributed by atoms with van der Waals surface area (Å²) in [6.07, 6.45) is 7.06. The van der Waals surface area contributed by atoms with Crippen LogP contribution in [-0.2, 0) is 4.79 Å². The molecule has 2 saturated carbocycles. The summed E-state index contributed by atoms with van der Waals surface area (Å²) in [5.74, 6) is -0.651. The second kappa shape index (κ2) is 5.80. The Labute approximate surface area is 116 Å². The summed E-state index contributed by atoms with van der Waals surface area (Å²) in [7, 11) is 2.15. The number of rotatable bonds is 6. The maximum Gasteiger partial charge on any atom is 0.323 e. The van der Waals surface area contributed by atoms with E-state index in [-0.39, 0.29) is 0 Å². The average molecular weight is 268 g/mol. The van der Waals surface area contributed by atoms with Gasteiger partial charge in [-0.1, -0.05) is 6.92 Å². The molecule has 0 aromatic carbocycles. The zero-order chi connectivity index (χ0) is 14.0. The van der Waals surface area contributed by atoms with E-state index in [4.69, 9.17) is 0 Å². The predicted molar refractivity (Wildman–Crippen MR) is 76.3 cm³/mol. The highest BCUT2D eigenvalue weighted by molar-refractivity contribution is 5.79. The fourth-order valence-corrected chi connectivity index (χ4v) is 3.25. The number of aliphatic carboxylic acids is 1. The molecular weight excluding hydrogens is 240 g/mol. The van der Waals surface area contributed by atoms with Crippen molar-refractivity contribution >= 4 is 5.97 Å². The molecule has 110 valence electrons. The van der Waals surface area contributed by atoms with Gasteiger partial charge in [0.1, 0.15) is 5.54 Å². The molecule has 2 rings (SSSR count). The van der Waals surface area contributed by atoms with Crippen molar-refractivity contribution in [1.29, 1.82) is 0 Å². The smallest absolute Gasteiger partial charge is 0.323 e. The van der Waals surface area contributed by atoms with E-state index in [0.717, 1.165) is 44.9 Å². The lowest BCUT2D eigenvalue weighted by Gasteiger charge is -2.43. The molecule has 0 bridgehead atoms. The van der Waals surface area contributed by atoms with Gasteiger partial charge in [0, 0.05) is 18.1 Å². The van der Waals surface area contributed by atoms with Crippen LogP contribution in [0.4, 0.5) is 0 Å². The minimum Gasteiger partial charge on any atom is -0.480 e. The van der Waals surface area contributed by atoms with Crippen LogP contribution in [0.2, 0.25) is 0 Å². The molecule has 0 aliphatic heterocycles. The van der Waals surface area contributed by atoms with Crippen LogP contribution in [0.3, 0.4) is 0 Å². The number of carboxylic acids is 1. The van der Waals surface area contributed by atoms with Gasteiger partial charge in [-0.2, -0.15) is 0 Å². The van der Waals surface area contributed by atoms with Crippen molar-refractivity contribution in [3.8, 4) is 0 Å². The number of carbonyl (C=O) groups is 1. The van der Waals surface area contributed by atoms with Gasteiger partial charge in [0.05, 0.1) is 0 Å². The highest BCUT2D eigenvalue weighted by Gasteiger charge is 2.46. The molecule has 3 unspecified atom stereocenters. The molecule has 0 aromatic rings. The van der Waals surface area contributed by atoms with E-state index in [1.807, 2.05) is 0 Å². The lowest BCUT2D eigenvalue weighted by Crippen LogP contribution is -2.59. The molecule has 2 aliphatic carbocycles. The summed E-state index contributed by atoms with van der Waals surface area (Å²) in [6.45, 7) is 4.42. The lowest BCUT2D eigenvalue weighted by molar-refractivity contribution is -0.147. The van der Waals surface area contributed by atoms with Crippen LogP contribution in [0, 0.1) is 0 Å². The van der Waals surface area contributed by atoms with Crippen molar-refractivity contribution in [3.05, 3.63) is 0 Å². The summed E-state index contributed by atoms with van der Waals surface area (Å²) in [4.78, 5) is 14.1. The lowest BCUT2D eigenvalue weighted by atomic mass is 9.78. The predicted octanol–water partition coefficient (Wildman–Crippen LogP) is 2.23. The van der Waals surface area contributed by atoms with E-state index in [2.05, 4.69) is 31.1 Å². The van der Waals surface area contributed by atoms with Gasteiger partial charge >= 0.3 is 5.97 Å². The molecule has 4 heteroatoms. The Morgan fingerprint density at radius 2 is 2.16 bits per heavy atom. The van der Waals surface area contributed by atoms with Crippen LogP contribution < -0.4 is 5.32 Å². The number of hydrogen-bond acceptors (Lipinski definition) is 3. The molecule has 0 radical (unpaired) electrons. The van der Waals surface area contributed by atoms with E-state index in [1.54, 1.807) is 0 Å². The first-order valence-electron chi connectivity index (χ1n) is 7.71. The van der Waals surface area contributed by atoms with Gasteiger partial charge in [0.25, 0.3) is 0 Å². The van der Waals surface area contributed by atoms with Crippen molar-refractivity contribution in [3.63, 3.8) is 0 Å². The van der Waals surface area contributed by atoms with E-state index < -0.39 is 11.5 Å². The second-order valence-electron chi connectivity index (χ2n) is 6.48. The first kappa shape index (κ1) is 14.8. The van der Waals surface area contributed by atoms with Crippen LogP contribution in [0.15, 0.2) is 0 Å². The molecule has 4 nitrogen and oxygen atoms in total. The molecule has 3 atom stereocenters. The monoisotopic (exact) mass is 268 g/mol. The first-order valence-corrected chi connectivity index (χ1v) is 7.71. The van der Waals surface area contributed by atoms with Crippen molar-refractivity contribution < 1.29 is 9.90 Å². The highest BCUT2D eigenvalue weighted by Crippen LogP contribution is 2.35. The maximum absolute atomic E-state index is 11.8. The zero-order valence-corrected chi connectivity index (χ0v) is 12.5. The maximum atomic E-state index is 11.8. The van der Waals surface area contributed by atoms with Crippen molar-refractivity contribution in [2.75, 3.05) is 7.05 Å². The van der Waals surface area contributed by atoms with Gasteiger partial charge < -0.3 is 10.0 Å². The molecule has 0 aromatic heterocycles. The van der Waals surface area contributed by atoms with Gasteiger partial charge in [-0.15, -0.1) is 0 Å². The van der Waals surface area contributed by atoms with E-state index in [0.29, 0.717) is 18.1 Å². The van der Waals surface area contributed by atoms with Gasteiger partial charge in [-0.25, -0.2) is 0 Å². The third-order valence-corrected chi connectivity index (χ3v) is 5.05. The first-order chi connectivity index (χ1) is 8.98. The van der Waals surface area contributed by atoms with Crippen molar-refractivity contribution in [1.82, 2.24) is 10.2 Å². The quantitative estimate of drug-likeness (QED) is 0.775. The Morgan fingerprint density at radius 1 is 1.47 bits per heavy atom. The fraction of sp³-hybridized carbons (Fsp3) is 0.933. The van der Waals surface area contributed by atoms with Gasteiger partial charge in [0.15, 0.2) is 0 Å². The molecule has 0 amide bonds. The zero-order valence-electron chi connectivity index (χ0n) is 12.5. The third kappa shape index (κ3) is 3.29. The molecule has 0 saturated heterocycles. The SMILES string of the molecule is CCC(C)N(C)C1CCCC(NC2CC2)(C(=O)O)C1. The fourth-order valence-electron chi connectivity index (χ4n) is 3.25. The van der Waals surface area contributed by atoms with Crippen LogP contribution in [-0.4, -0.2) is 46.7 Å². The van der Waals surface area contributed by atoms with Gasteiger partial charge in [-0.05, 0) is 58.9 Å². The molecule has 0 spiro atoms. The number of nitrogens with zero attached hydrogens (tertiary/aromatic N) is 1. The second-order valence-corrected chi connectivity index (χ2v) is 6.48. The number of hydrogen-bond donors (Lipinski definition) is 2. The van der Waals surface area contributed by atoms with Crippen LogP contribution in [0.5, 0.6) is 0 Å². The number of nitrogens with one attached hydrogen (secondary N) is 1. The largest absolute Gasteiger partial charge is 0.480 e. The van der Waals surface area contributed by atoms with Crippen LogP contribution >= 0.6 is 0 Å². The van der Waals surface area contributed by atoms with Crippen LogP contribution in [0.25, 0.3) is 0 Å². The molecule has 0 heterocycles. The van der Waals surface area contributed by atoms with Gasteiger partial charge in [0.2, 0.25) is 0 Å². The minimum atomic E-state index is -0.675. The Morgan fingerprint density at radius 3 is 2.68 bits per heavy atom. The minimum absolute atomic E-state index is 0.394. The van der Waals surface area contributed by atoms with Gasteiger partial charge in [-0.3, -0.25) is 10.1 Å². The summed E-state index contributed by atoms with van der Waals surface area (Å²) in [5, 5.41) is 13.1. The van der Waals surface area contributed by atoms with E-state index >= 15 is 0 Å². The average Bonchev–Trinajstić information content (AvgIpc) is 3.20. The summed E-state index contributed by atoms with van der Waals surface area (Å²) < 4.78 is 0. The highest BCUT2D eigenvalue weighted by atomic mass is 16.4. The topological polar surface area (TPSA) is 52.6 Å². The van der Waals surface area contributed by atoms with E-state index in [1.165, 1.54) is 0 Å². The Kier molecular flexibility index (Phi) is 4.51. The van der Waals surface area contributed by atoms with Crippen molar-refractivity contribution in [2.45, 2.75) is 82.5 Å². The molecule has 2 fully saturated rings. The summed E-state index contributed by atoms with van der Waals surface area (Å²) in [5.41, 5.74) is -0.675. The van der Waals surface area contributed by atoms with Crippen LogP contribution in [0.1, 0.15) is 58.8 Å². The molecule has 19 heavy (non-hydrogen) atoms. The summed E-state index contributed by atoms with van der Waals surface area (Å²) >= 11 is 0. The molecule has 2 aliphatic rings. The molecular formula is C15H28N2O2. The summed E-state index contributed by atoms with van der Waals surface area (Å²) in [6, 6.07) is 1.37. The Bertz CT molecular complexity index is 330. The number of carboxylic acid groups (broad SMARTS) is 1. The standard InChI is InChI=1S/C15H28N2O2/c1-4-11(2)17(3)13-6-5-9-15(10-13,14(18)19)16-12-7-8-12/h11-13,16H,4-10H2,1-3H3,(H,18,19). The molecule has 2 N–H and O–H groups in total.